The van der Waals surface area contributed by atoms with Crippen LogP contribution in [0.2, 0.25) is 0 Å². The van der Waals surface area contributed by atoms with Crippen LogP contribution in [-0.4, -0.2) is 36.3 Å². The van der Waals surface area contributed by atoms with Gasteiger partial charge < -0.3 is 14.3 Å². The molecule has 0 radical (unpaired) electrons. The van der Waals surface area contributed by atoms with Crippen LogP contribution in [0.1, 0.15) is 24.0 Å². The van der Waals surface area contributed by atoms with Crippen molar-refractivity contribution in [3.63, 3.8) is 0 Å². The van der Waals surface area contributed by atoms with E-state index in [2.05, 4.69) is 5.16 Å². The smallest absolute Gasteiger partial charge is 0.416 e. The van der Waals surface area contributed by atoms with Gasteiger partial charge in [0.2, 0.25) is 11.5 Å². The van der Waals surface area contributed by atoms with Crippen molar-refractivity contribution in [2.45, 2.75) is 24.6 Å². The Morgan fingerprint density at radius 2 is 1.74 bits per heavy atom. The molecule has 0 saturated carbocycles. The maximum atomic E-state index is 13.1. The van der Waals surface area contributed by atoms with Gasteiger partial charge in [-0.25, -0.2) is 4.90 Å². The van der Waals surface area contributed by atoms with E-state index in [4.69, 9.17) is 14.3 Å². The van der Waals surface area contributed by atoms with Gasteiger partial charge in [0.05, 0.1) is 23.4 Å². The highest BCUT2D eigenvalue weighted by Crippen LogP contribution is 2.41. The molecule has 10 heteroatoms. The quantitative estimate of drug-likeness (QED) is 0.681. The first-order valence-corrected chi connectivity index (χ1v) is 9.47. The Balaban J connectivity index is 1.40. The number of halogens is 3. The maximum absolute atomic E-state index is 13.1. The fourth-order valence-corrected chi connectivity index (χ4v) is 3.86. The van der Waals surface area contributed by atoms with E-state index in [-0.39, 0.29) is 18.5 Å². The first-order valence-electron chi connectivity index (χ1n) is 9.47. The molecular formula is C21H15F3N2O5. The summed E-state index contributed by atoms with van der Waals surface area (Å²) in [5, 5.41) is 4.00. The van der Waals surface area contributed by atoms with E-state index in [1.54, 1.807) is 18.2 Å². The minimum absolute atomic E-state index is 0.00663. The largest absolute Gasteiger partial charge is 0.486 e. The molecule has 7 nitrogen and oxygen atoms in total. The number of ether oxygens (including phenoxy) is 2. The molecule has 0 N–H and O–H groups in total. The summed E-state index contributed by atoms with van der Waals surface area (Å²) in [5.41, 5.74) is -1.61. The van der Waals surface area contributed by atoms with Crippen molar-refractivity contribution in [3.05, 3.63) is 53.6 Å². The Morgan fingerprint density at radius 1 is 0.968 bits per heavy atom. The van der Waals surface area contributed by atoms with E-state index in [0.29, 0.717) is 36.0 Å². The van der Waals surface area contributed by atoms with E-state index >= 15 is 0 Å². The van der Waals surface area contributed by atoms with Crippen molar-refractivity contribution in [2.24, 2.45) is 5.16 Å². The highest BCUT2D eigenvalue weighted by Gasteiger charge is 2.58. The number of carbonyl (C=O) groups excluding carboxylic acids is 2. The van der Waals surface area contributed by atoms with Crippen molar-refractivity contribution in [3.8, 4) is 11.5 Å². The molecule has 2 aromatic carbocycles. The summed E-state index contributed by atoms with van der Waals surface area (Å²) in [6.45, 7) is 0.851. The third kappa shape index (κ3) is 3.18. The summed E-state index contributed by atoms with van der Waals surface area (Å²) in [4.78, 5) is 31.8. The van der Waals surface area contributed by atoms with Gasteiger partial charge in [-0.05, 0) is 36.4 Å². The molecule has 3 heterocycles. The fourth-order valence-electron chi connectivity index (χ4n) is 3.86. The van der Waals surface area contributed by atoms with Crippen LogP contribution in [-0.2, 0) is 20.6 Å². The summed E-state index contributed by atoms with van der Waals surface area (Å²) < 4.78 is 50.2. The van der Waals surface area contributed by atoms with Crippen LogP contribution in [0.4, 0.5) is 18.9 Å². The van der Waals surface area contributed by atoms with E-state index in [1.165, 1.54) is 6.07 Å². The SMILES string of the molecule is O=C1C[C@]2(CC(c3ccc4c(c3)OCCO4)=NO2)C(=O)N1c1cccc(C(F)(F)F)c1. The number of hydrogen-bond donors (Lipinski definition) is 0. The van der Waals surface area contributed by atoms with Gasteiger partial charge in [-0.2, -0.15) is 13.2 Å². The van der Waals surface area contributed by atoms with Crippen LogP contribution in [0, 0.1) is 0 Å². The predicted octanol–water partition coefficient (Wildman–Crippen LogP) is 3.30. The van der Waals surface area contributed by atoms with Gasteiger partial charge >= 0.3 is 6.18 Å². The molecule has 0 aromatic heterocycles. The van der Waals surface area contributed by atoms with Gasteiger partial charge in [-0.3, -0.25) is 9.59 Å². The highest BCUT2D eigenvalue weighted by atomic mass is 19.4. The van der Waals surface area contributed by atoms with E-state index in [1.807, 2.05) is 0 Å². The van der Waals surface area contributed by atoms with Crippen LogP contribution in [0.3, 0.4) is 0 Å². The first kappa shape index (κ1) is 19.4. The summed E-state index contributed by atoms with van der Waals surface area (Å²) in [5.74, 6) is -0.269. The molecule has 160 valence electrons. The Hall–Kier alpha value is -3.56. The number of nitrogens with zero attached hydrogens (tertiary/aromatic N) is 2. The second-order valence-corrected chi connectivity index (χ2v) is 7.42. The second kappa shape index (κ2) is 6.73. The van der Waals surface area contributed by atoms with Gasteiger partial charge in [-0.15, -0.1) is 0 Å². The van der Waals surface area contributed by atoms with Gasteiger partial charge in [0.25, 0.3) is 5.91 Å². The molecule has 2 aromatic rings. The molecule has 1 fully saturated rings. The lowest BCUT2D eigenvalue weighted by molar-refractivity contribution is -0.138. The topological polar surface area (TPSA) is 77.4 Å². The van der Waals surface area contributed by atoms with Crippen LogP contribution in [0.5, 0.6) is 11.5 Å². The molecule has 0 aliphatic carbocycles. The van der Waals surface area contributed by atoms with Crippen molar-refractivity contribution in [1.29, 1.82) is 0 Å². The molecule has 31 heavy (non-hydrogen) atoms. The molecule has 2 amide bonds. The highest BCUT2D eigenvalue weighted by molar-refractivity contribution is 6.25. The monoisotopic (exact) mass is 432 g/mol. The van der Waals surface area contributed by atoms with Crippen LogP contribution < -0.4 is 14.4 Å². The average Bonchev–Trinajstić information content (AvgIpc) is 3.28. The number of benzene rings is 2. The Labute approximate surface area is 174 Å². The fraction of sp³-hybridized carbons (Fsp3) is 0.286. The molecule has 5 rings (SSSR count). The van der Waals surface area contributed by atoms with Crippen molar-refractivity contribution < 1.29 is 37.1 Å². The second-order valence-electron chi connectivity index (χ2n) is 7.42. The van der Waals surface area contributed by atoms with Gasteiger partial charge in [0.15, 0.2) is 11.5 Å². The van der Waals surface area contributed by atoms with Gasteiger partial charge in [-0.1, -0.05) is 11.2 Å². The number of anilines is 1. The third-order valence-corrected chi connectivity index (χ3v) is 5.37. The molecular weight excluding hydrogens is 417 g/mol. The van der Waals surface area contributed by atoms with Crippen LogP contribution in [0.15, 0.2) is 47.6 Å². The number of imide groups is 1. The van der Waals surface area contributed by atoms with Crippen LogP contribution in [0.25, 0.3) is 0 Å². The lowest BCUT2D eigenvalue weighted by Crippen LogP contribution is -2.41. The Morgan fingerprint density at radius 3 is 2.52 bits per heavy atom. The van der Waals surface area contributed by atoms with Crippen molar-refractivity contribution in [2.75, 3.05) is 18.1 Å². The summed E-state index contributed by atoms with van der Waals surface area (Å²) in [6.07, 6.45) is -4.91. The molecule has 1 saturated heterocycles. The van der Waals surface area contributed by atoms with Crippen molar-refractivity contribution in [1.82, 2.24) is 0 Å². The minimum Gasteiger partial charge on any atom is -0.486 e. The standard InChI is InChI=1S/C21H15F3N2O5/c22-21(23,24)13-2-1-3-14(9-13)26-18(27)11-20(19(26)28)10-15(25-31-20)12-4-5-16-17(8-12)30-7-6-29-16/h1-5,8-9H,6-7,10-11H2/t20-/m1/s1. The van der Waals surface area contributed by atoms with Gasteiger partial charge in [0.1, 0.15) is 13.2 Å². The zero-order valence-corrected chi connectivity index (χ0v) is 15.9. The van der Waals surface area contributed by atoms with Crippen molar-refractivity contribution >= 4 is 23.2 Å². The maximum Gasteiger partial charge on any atom is 0.416 e. The van der Waals surface area contributed by atoms with E-state index < -0.39 is 29.2 Å². The van der Waals surface area contributed by atoms with Crippen LogP contribution >= 0.6 is 0 Å². The number of alkyl halides is 3. The number of fused-ring (bicyclic) bond motifs is 1. The normalized spacial score (nSPS) is 22.7. The average molecular weight is 432 g/mol. The summed E-state index contributed by atoms with van der Waals surface area (Å²) in [6, 6.07) is 9.24. The Bertz CT molecular complexity index is 1130. The zero-order valence-electron chi connectivity index (χ0n) is 15.9. The molecule has 3 aliphatic rings. The number of rotatable bonds is 2. The number of oxime groups is 1. The van der Waals surface area contributed by atoms with E-state index in [9.17, 15) is 22.8 Å². The summed E-state index contributed by atoms with van der Waals surface area (Å²) in [7, 11) is 0. The molecule has 3 aliphatic heterocycles. The molecule has 0 bridgehead atoms. The first-order chi connectivity index (χ1) is 14.8. The zero-order chi connectivity index (χ0) is 21.8. The number of hydrogen-bond acceptors (Lipinski definition) is 6. The number of amides is 2. The van der Waals surface area contributed by atoms with Gasteiger partial charge in [0, 0.05) is 12.0 Å². The number of carbonyl (C=O) groups is 2. The Kier molecular flexibility index (Phi) is 4.21. The predicted molar refractivity (Wildman–Crippen MR) is 101 cm³/mol. The third-order valence-electron chi connectivity index (χ3n) is 5.37. The lowest BCUT2D eigenvalue weighted by Gasteiger charge is -2.20. The minimum atomic E-state index is -4.60. The summed E-state index contributed by atoms with van der Waals surface area (Å²) >= 11 is 0. The molecule has 1 atom stereocenters. The molecule has 1 spiro atoms. The van der Waals surface area contributed by atoms with E-state index in [0.717, 1.165) is 23.1 Å². The molecule has 0 unspecified atom stereocenters. The lowest BCUT2D eigenvalue weighted by atomic mass is 9.92.